The fourth-order valence-corrected chi connectivity index (χ4v) is 1.51. The molecule has 0 saturated heterocycles. The second kappa shape index (κ2) is 6.25. The van der Waals surface area contributed by atoms with Crippen molar-refractivity contribution in [3.63, 3.8) is 0 Å². The van der Waals surface area contributed by atoms with Crippen LogP contribution < -0.4 is 10.5 Å². The molecule has 0 aliphatic heterocycles. The Balaban J connectivity index is 3.22. The highest BCUT2D eigenvalue weighted by Crippen LogP contribution is 2.31. The highest BCUT2D eigenvalue weighted by Gasteiger charge is 2.21. The number of halogens is 2. The van der Waals surface area contributed by atoms with Gasteiger partial charge in [-0.05, 0) is 6.07 Å². The Morgan fingerprint density at radius 3 is 2.61 bits per heavy atom. The number of nitrogens with zero attached hydrogens (tertiary/aromatic N) is 1. The Kier molecular flexibility index (Phi) is 4.96. The summed E-state index contributed by atoms with van der Waals surface area (Å²) in [5.41, 5.74) is 5.50. The SMILES string of the molecule is COC(=O)Cc1cc(CN)c(OC)c(C(F)F)n1. The molecule has 0 aliphatic rings. The van der Waals surface area contributed by atoms with Gasteiger partial charge >= 0.3 is 5.97 Å². The molecular formula is C11H14F2N2O3. The van der Waals surface area contributed by atoms with E-state index in [1.54, 1.807) is 0 Å². The van der Waals surface area contributed by atoms with E-state index in [9.17, 15) is 13.6 Å². The average molecular weight is 260 g/mol. The number of ether oxygens (including phenoxy) is 2. The summed E-state index contributed by atoms with van der Waals surface area (Å²) in [5.74, 6) is -0.600. The van der Waals surface area contributed by atoms with Crippen LogP contribution in [0.5, 0.6) is 5.75 Å². The lowest BCUT2D eigenvalue weighted by molar-refractivity contribution is -0.139. The number of nitrogens with two attached hydrogens (primary N) is 1. The zero-order valence-electron chi connectivity index (χ0n) is 10.1. The highest BCUT2D eigenvalue weighted by atomic mass is 19.3. The first-order valence-electron chi connectivity index (χ1n) is 5.15. The molecule has 2 N–H and O–H groups in total. The molecule has 1 heterocycles. The third-order valence-corrected chi connectivity index (χ3v) is 2.31. The molecule has 5 nitrogen and oxygen atoms in total. The summed E-state index contributed by atoms with van der Waals surface area (Å²) in [6.07, 6.45) is -2.99. The molecule has 7 heteroatoms. The number of carbonyl (C=O) groups excluding carboxylic acids is 1. The van der Waals surface area contributed by atoms with E-state index in [-0.39, 0.29) is 24.4 Å². The van der Waals surface area contributed by atoms with Crippen LogP contribution in [0.4, 0.5) is 8.78 Å². The number of aromatic nitrogens is 1. The lowest BCUT2D eigenvalue weighted by Crippen LogP contribution is -2.11. The predicted molar refractivity (Wildman–Crippen MR) is 59.4 cm³/mol. The Bertz CT molecular complexity index is 439. The molecule has 100 valence electrons. The van der Waals surface area contributed by atoms with Gasteiger partial charge in [-0.25, -0.2) is 13.8 Å². The van der Waals surface area contributed by atoms with Crippen molar-refractivity contribution in [1.29, 1.82) is 0 Å². The molecule has 0 spiro atoms. The van der Waals surface area contributed by atoms with Gasteiger partial charge in [0.05, 0.1) is 26.3 Å². The van der Waals surface area contributed by atoms with Crippen molar-refractivity contribution in [2.24, 2.45) is 5.73 Å². The first-order valence-corrected chi connectivity index (χ1v) is 5.15. The van der Waals surface area contributed by atoms with Gasteiger partial charge in [-0.3, -0.25) is 4.79 Å². The monoisotopic (exact) mass is 260 g/mol. The van der Waals surface area contributed by atoms with Crippen molar-refractivity contribution in [2.45, 2.75) is 19.4 Å². The molecule has 0 fully saturated rings. The molecule has 0 amide bonds. The standard InChI is InChI=1S/C11H14F2N2O3/c1-17-8(16)4-7-3-6(5-14)10(18-2)9(15-7)11(12)13/h3,11H,4-5,14H2,1-2H3. The fraction of sp³-hybridized carbons (Fsp3) is 0.455. The molecule has 0 unspecified atom stereocenters. The smallest absolute Gasteiger partial charge is 0.311 e. The van der Waals surface area contributed by atoms with E-state index in [0.29, 0.717) is 5.56 Å². The summed E-state index contributed by atoms with van der Waals surface area (Å²) in [4.78, 5) is 14.8. The lowest BCUT2D eigenvalue weighted by atomic mass is 10.1. The lowest BCUT2D eigenvalue weighted by Gasteiger charge is -2.13. The van der Waals surface area contributed by atoms with Gasteiger partial charge in [0.25, 0.3) is 6.43 Å². The van der Waals surface area contributed by atoms with Gasteiger partial charge in [-0.1, -0.05) is 0 Å². The van der Waals surface area contributed by atoms with E-state index < -0.39 is 18.1 Å². The van der Waals surface area contributed by atoms with E-state index in [1.165, 1.54) is 20.3 Å². The van der Waals surface area contributed by atoms with Gasteiger partial charge in [-0.2, -0.15) is 0 Å². The maximum atomic E-state index is 12.8. The molecular weight excluding hydrogens is 246 g/mol. The summed E-state index contributed by atoms with van der Waals surface area (Å²) in [7, 11) is 2.48. The van der Waals surface area contributed by atoms with Gasteiger partial charge in [0.2, 0.25) is 0 Å². The van der Waals surface area contributed by atoms with Gasteiger partial charge in [0.1, 0.15) is 5.69 Å². The molecule has 0 bridgehead atoms. The van der Waals surface area contributed by atoms with E-state index in [0.717, 1.165) is 0 Å². The second-order valence-electron chi connectivity index (χ2n) is 3.45. The summed E-state index contributed by atoms with van der Waals surface area (Å²) >= 11 is 0. The number of pyridine rings is 1. The highest BCUT2D eigenvalue weighted by molar-refractivity contribution is 5.72. The van der Waals surface area contributed by atoms with Crippen molar-refractivity contribution in [3.05, 3.63) is 23.0 Å². The summed E-state index contributed by atoms with van der Waals surface area (Å²) in [5, 5.41) is 0. The number of carbonyl (C=O) groups is 1. The van der Waals surface area contributed by atoms with Crippen molar-refractivity contribution in [1.82, 2.24) is 4.98 Å². The van der Waals surface area contributed by atoms with Gasteiger partial charge in [-0.15, -0.1) is 0 Å². The second-order valence-corrected chi connectivity index (χ2v) is 3.45. The number of esters is 1. The minimum atomic E-state index is -2.80. The van der Waals surface area contributed by atoms with Crippen molar-refractivity contribution < 1.29 is 23.0 Å². The molecule has 1 aromatic heterocycles. The summed E-state index contributed by atoms with van der Waals surface area (Å²) in [6, 6.07) is 1.46. The predicted octanol–water partition coefficient (Wildman–Crippen LogP) is 1.20. The molecule has 0 radical (unpaired) electrons. The third kappa shape index (κ3) is 3.13. The topological polar surface area (TPSA) is 74.4 Å². The van der Waals surface area contributed by atoms with Crippen LogP contribution in [0.2, 0.25) is 0 Å². The Hall–Kier alpha value is -1.76. The van der Waals surface area contributed by atoms with E-state index >= 15 is 0 Å². The number of hydrogen-bond donors (Lipinski definition) is 1. The van der Waals surface area contributed by atoms with Crippen LogP contribution in [-0.2, 0) is 22.5 Å². The van der Waals surface area contributed by atoms with Crippen molar-refractivity contribution >= 4 is 5.97 Å². The summed E-state index contributed by atoms with van der Waals surface area (Å²) < 4.78 is 35.0. The van der Waals surface area contributed by atoms with Crippen LogP contribution >= 0.6 is 0 Å². The van der Waals surface area contributed by atoms with Crippen LogP contribution in [0.15, 0.2) is 6.07 Å². The van der Waals surface area contributed by atoms with E-state index in [1.807, 2.05) is 0 Å². The van der Waals surface area contributed by atoms with Crippen LogP contribution in [0.25, 0.3) is 0 Å². The van der Waals surface area contributed by atoms with Crippen molar-refractivity contribution in [3.8, 4) is 5.75 Å². The molecule has 1 rings (SSSR count). The molecule has 0 aromatic carbocycles. The first-order chi connectivity index (χ1) is 8.53. The Morgan fingerprint density at radius 2 is 2.17 bits per heavy atom. The third-order valence-electron chi connectivity index (χ3n) is 2.31. The number of rotatable bonds is 5. The van der Waals surface area contributed by atoms with Gasteiger partial charge < -0.3 is 15.2 Å². The van der Waals surface area contributed by atoms with Crippen LogP contribution in [-0.4, -0.2) is 25.2 Å². The number of methoxy groups -OCH3 is 2. The zero-order chi connectivity index (χ0) is 13.7. The van der Waals surface area contributed by atoms with Crippen LogP contribution in [0, 0.1) is 0 Å². The molecule has 0 saturated carbocycles. The molecule has 0 aliphatic carbocycles. The fourth-order valence-electron chi connectivity index (χ4n) is 1.51. The maximum absolute atomic E-state index is 12.8. The van der Waals surface area contributed by atoms with E-state index in [4.69, 9.17) is 10.5 Å². The van der Waals surface area contributed by atoms with Crippen LogP contribution in [0.3, 0.4) is 0 Å². The van der Waals surface area contributed by atoms with Crippen molar-refractivity contribution in [2.75, 3.05) is 14.2 Å². The zero-order valence-corrected chi connectivity index (χ0v) is 10.1. The average Bonchev–Trinajstić information content (AvgIpc) is 2.37. The van der Waals surface area contributed by atoms with Crippen LogP contribution in [0.1, 0.15) is 23.4 Å². The first kappa shape index (κ1) is 14.3. The van der Waals surface area contributed by atoms with E-state index in [2.05, 4.69) is 9.72 Å². The molecule has 1 aromatic rings. The largest absolute Gasteiger partial charge is 0.494 e. The summed E-state index contributed by atoms with van der Waals surface area (Å²) in [6.45, 7) is 0.0135. The Morgan fingerprint density at radius 1 is 1.50 bits per heavy atom. The van der Waals surface area contributed by atoms with Gasteiger partial charge in [0, 0.05) is 12.1 Å². The van der Waals surface area contributed by atoms with Gasteiger partial charge in [0.15, 0.2) is 5.75 Å². The Labute approximate surface area is 103 Å². The minimum absolute atomic E-state index is 0.0135. The normalized spacial score (nSPS) is 10.6. The number of alkyl halides is 2. The molecule has 18 heavy (non-hydrogen) atoms. The quantitative estimate of drug-likeness (QED) is 0.805. The number of hydrogen-bond acceptors (Lipinski definition) is 5. The molecule has 0 atom stereocenters. The minimum Gasteiger partial charge on any atom is -0.494 e. The maximum Gasteiger partial charge on any atom is 0.311 e.